The van der Waals surface area contributed by atoms with E-state index in [0.29, 0.717) is 6.54 Å². The molecule has 0 bridgehead atoms. The van der Waals surface area contributed by atoms with E-state index in [-0.39, 0.29) is 11.5 Å². The second-order valence-corrected chi connectivity index (χ2v) is 12.3. The van der Waals surface area contributed by atoms with Crippen molar-refractivity contribution < 1.29 is 0 Å². The lowest BCUT2D eigenvalue weighted by molar-refractivity contribution is 0.542. The number of rotatable bonds is 7. The number of hydrogen-bond acceptors (Lipinski definition) is 3. The lowest BCUT2D eigenvalue weighted by Crippen LogP contribution is -2.41. The molecule has 0 spiro atoms. The normalized spacial score (nSPS) is 18.2. The van der Waals surface area contributed by atoms with E-state index in [9.17, 15) is 0 Å². The maximum absolute atomic E-state index is 4.76. The Balaban J connectivity index is 1.14. The van der Waals surface area contributed by atoms with Crippen LogP contribution in [-0.2, 0) is 6.54 Å². The Morgan fingerprint density at radius 1 is 0.717 bits per heavy atom. The van der Waals surface area contributed by atoms with Crippen molar-refractivity contribution in [2.24, 2.45) is 4.99 Å². The van der Waals surface area contributed by atoms with E-state index in [2.05, 4.69) is 175 Å². The first-order valence-electron chi connectivity index (χ1n) is 16.0. The third-order valence-electron chi connectivity index (χ3n) is 9.39. The van der Waals surface area contributed by atoms with Crippen molar-refractivity contribution in [3.05, 3.63) is 181 Å². The SMILES string of the molecule is CC12C=CC=CC1c1cc(-c3ccccc3Nc3ccc(/C=N/Cc4ccccc4)c4ccccc34)ccc1N2c1ccccc1. The first kappa shape index (κ1) is 27.8. The molecule has 3 heteroatoms. The van der Waals surface area contributed by atoms with E-state index < -0.39 is 0 Å². The summed E-state index contributed by atoms with van der Waals surface area (Å²) in [6.45, 7) is 3.01. The monoisotopic (exact) mass is 593 g/mol. The zero-order valence-electron chi connectivity index (χ0n) is 25.8. The van der Waals surface area contributed by atoms with Gasteiger partial charge in [0.15, 0.2) is 0 Å². The molecule has 3 nitrogen and oxygen atoms in total. The highest BCUT2D eigenvalue weighted by Crippen LogP contribution is 2.54. The summed E-state index contributed by atoms with van der Waals surface area (Å²) in [5.41, 5.74) is 10.5. The van der Waals surface area contributed by atoms with Crippen molar-refractivity contribution in [3.8, 4) is 11.1 Å². The molecule has 1 aliphatic heterocycles. The van der Waals surface area contributed by atoms with Crippen molar-refractivity contribution in [2.45, 2.75) is 24.9 Å². The number of aliphatic imine (C=N–C) groups is 1. The summed E-state index contributed by atoms with van der Waals surface area (Å²) in [7, 11) is 0. The van der Waals surface area contributed by atoms with Crippen LogP contribution >= 0.6 is 0 Å². The van der Waals surface area contributed by atoms with Crippen molar-refractivity contribution in [2.75, 3.05) is 10.2 Å². The minimum atomic E-state index is -0.167. The summed E-state index contributed by atoms with van der Waals surface area (Å²) < 4.78 is 0. The molecule has 46 heavy (non-hydrogen) atoms. The lowest BCUT2D eigenvalue weighted by atomic mass is 9.80. The first-order valence-corrected chi connectivity index (χ1v) is 16.0. The summed E-state index contributed by atoms with van der Waals surface area (Å²) in [5, 5.41) is 6.16. The van der Waals surface area contributed by atoms with Crippen LogP contribution in [0.3, 0.4) is 0 Å². The summed E-state index contributed by atoms with van der Waals surface area (Å²) in [6, 6.07) is 49.6. The van der Waals surface area contributed by atoms with Crippen molar-refractivity contribution in [1.82, 2.24) is 0 Å². The Hall–Kier alpha value is -5.67. The minimum Gasteiger partial charge on any atom is -0.355 e. The van der Waals surface area contributed by atoms with Gasteiger partial charge in [0.2, 0.25) is 0 Å². The third-order valence-corrected chi connectivity index (χ3v) is 9.39. The summed E-state index contributed by atoms with van der Waals surface area (Å²) in [4.78, 5) is 7.26. The number of fused-ring (bicyclic) bond motifs is 4. The largest absolute Gasteiger partial charge is 0.355 e. The zero-order valence-corrected chi connectivity index (χ0v) is 25.8. The fourth-order valence-electron chi connectivity index (χ4n) is 7.15. The van der Waals surface area contributed by atoms with E-state index in [1.807, 2.05) is 12.3 Å². The highest BCUT2D eigenvalue weighted by molar-refractivity contribution is 6.06. The van der Waals surface area contributed by atoms with Crippen molar-refractivity contribution in [3.63, 3.8) is 0 Å². The van der Waals surface area contributed by atoms with Crippen LogP contribution in [0.25, 0.3) is 21.9 Å². The van der Waals surface area contributed by atoms with Gasteiger partial charge in [0.05, 0.1) is 12.1 Å². The van der Waals surface area contributed by atoms with Gasteiger partial charge in [-0.1, -0.05) is 127 Å². The maximum Gasteiger partial charge on any atom is 0.0712 e. The van der Waals surface area contributed by atoms with Gasteiger partial charge in [0, 0.05) is 51.4 Å². The number of para-hydroxylation sites is 2. The zero-order chi connectivity index (χ0) is 30.9. The average Bonchev–Trinajstić information content (AvgIpc) is 3.37. The van der Waals surface area contributed by atoms with Crippen LogP contribution < -0.4 is 10.2 Å². The lowest BCUT2D eigenvalue weighted by Gasteiger charge is -2.39. The van der Waals surface area contributed by atoms with Gasteiger partial charge in [-0.3, -0.25) is 4.99 Å². The van der Waals surface area contributed by atoms with Crippen LogP contribution in [0.2, 0.25) is 0 Å². The molecule has 1 N–H and O–H groups in total. The summed E-state index contributed by atoms with van der Waals surface area (Å²) >= 11 is 0. The Bertz CT molecular complexity index is 2130. The molecule has 1 heterocycles. The number of hydrogen-bond donors (Lipinski definition) is 1. The number of nitrogens with one attached hydrogen (secondary N) is 1. The smallest absolute Gasteiger partial charge is 0.0712 e. The molecule has 0 amide bonds. The standard InChI is InChI=1S/C43H35N3/c1-43-27-13-12-21-39(43)38-28-32(24-26-42(38)46(43)34-16-6-3-7-17-34)36-19-10-11-22-40(36)45-41-25-23-33(35-18-8-9-20-37(35)41)30-44-29-31-14-4-2-5-15-31/h2-28,30,39,45H,29H2,1H3/b44-30+. The molecule has 0 fully saturated rings. The van der Waals surface area contributed by atoms with E-state index >= 15 is 0 Å². The first-order chi connectivity index (χ1) is 22.7. The van der Waals surface area contributed by atoms with Crippen LogP contribution in [0.1, 0.15) is 29.5 Å². The molecule has 2 unspecified atom stereocenters. The van der Waals surface area contributed by atoms with Crippen molar-refractivity contribution >= 4 is 39.7 Å². The fourth-order valence-corrected chi connectivity index (χ4v) is 7.15. The van der Waals surface area contributed by atoms with Crippen LogP contribution in [0.4, 0.5) is 22.7 Å². The van der Waals surface area contributed by atoms with Gasteiger partial charge in [-0.25, -0.2) is 0 Å². The fraction of sp³-hybridized carbons (Fsp3) is 0.0930. The van der Waals surface area contributed by atoms with E-state index in [1.165, 1.54) is 44.4 Å². The Morgan fingerprint density at radius 3 is 2.30 bits per heavy atom. The second kappa shape index (κ2) is 11.7. The molecule has 0 radical (unpaired) electrons. The predicted octanol–water partition coefficient (Wildman–Crippen LogP) is 11.0. The van der Waals surface area contributed by atoms with E-state index in [0.717, 1.165) is 16.9 Å². The maximum atomic E-state index is 4.76. The quantitative estimate of drug-likeness (QED) is 0.187. The van der Waals surface area contributed by atoms with Gasteiger partial charge in [0.1, 0.15) is 0 Å². The topological polar surface area (TPSA) is 27.6 Å². The van der Waals surface area contributed by atoms with Crippen LogP contribution in [0, 0.1) is 0 Å². The molecule has 1 aliphatic carbocycles. The van der Waals surface area contributed by atoms with Crippen LogP contribution in [-0.4, -0.2) is 11.8 Å². The molecule has 8 rings (SSSR count). The number of anilines is 4. The van der Waals surface area contributed by atoms with Gasteiger partial charge in [-0.15, -0.1) is 0 Å². The second-order valence-electron chi connectivity index (χ2n) is 12.3. The molecular formula is C43H35N3. The number of allylic oxidation sites excluding steroid dienone is 2. The third kappa shape index (κ3) is 4.91. The van der Waals surface area contributed by atoms with Crippen LogP contribution in [0.5, 0.6) is 0 Å². The Morgan fingerprint density at radius 2 is 1.46 bits per heavy atom. The average molecular weight is 594 g/mol. The van der Waals surface area contributed by atoms with Gasteiger partial charge >= 0.3 is 0 Å². The highest BCUT2D eigenvalue weighted by atomic mass is 15.2. The number of nitrogens with zero attached hydrogens (tertiary/aromatic N) is 2. The molecule has 6 aromatic rings. The number of benzene rings is 6. The molecule has 0 saturated carbocycles. The minimum absolute atomic E-state index is 0.167. The summed E-state index contributed by atoms with van der Waals surface area (Å²) in [5.74, 6) is 0.257. The van der Waals surface area contributed by atoms with Gasteiger partial charge in [-0.05, 0) is 65.4 Å². The van der Waals surface area contributed by atoms with Gasteiger partial charge in [0.25, 0.3) is 0 Å². The summed E-state index contributed by atoms with van der Waals surface area (Å²) in [6.07, 6.45) is 11.1. The Labute approximate surface area is 270 Å². The Kier molecular flexibility index (Phi) is 7.07. The van der Waals surface area contributed by atoms with E-state index in [4.69, 9.17) is 4.99 Å². The predicted molar refractivity (Wildman–Crippen MR) is 195 cm³/mol. The van der Waals surface area contributed by atoms with Crippen LogP contribution in [0.15, 0.2) is 169 Å². The van der Waals surface area contributed by atoms with Gasteiger partial charge < -0.3 is 10.2 Å². The molecule has 6 aromatic carbocycles. The van der Waals surface area contributed by atoms with Crippen molar-refractivity contribution in [1.29, 1.82) is 0 Å². The molecule has 222 valence electrons. The van der Waals surface area contributed by atoms with E-state index in [1.54, 1.807) is 0 Å². The molecule has 2 atom stereocenters. The molecule has 0 saturated heterocycles. The molecule has 0 aromatic heterocycles. The molecule has 2 aliphatic rings. The van der Waals surface area contributed by atoms with Gasteiger partial charge in [-0.2, -0.15) is 0 Å². The highest BCUT2D eigenvalue weighted by Gasteiger charge is 2.46. The molecular weight excluding hydrogens is 558 g/mol.